The van der Waals surface area contributed by atoms with Crippen molar-refractivity contribution in [2.24, 2.45) is 5.73 Å². The summed E-state index contributed by atoms with van der Waals surface area (Å²) in [6, 6.07) is 25.8. The molecule has 5 N–H and O–H groups in total. The number of carbonyl (C=O) groups excluding carboxylic acids is 2. The van der Waals surface area contributed by atoms with Crippen molar-refractivity contribution in [2.45, 2.75) is 19.5 Å². The van der Waals surface area contributed by atoms with Crippen LogP contribution in [0.5, 0.6) is 0 Å². The lowest BCUT2D eigenvalue weighted by molar-refractivity contribution is -0.118. The van der Waals surface area contributed by atoms with Crippen LogP contribution in [0, 0.1) is 0 Å². The van der Waals surface area contributed by atoms with Crippen molar-refractivity contribution in [3.05, 3.63) is 126 Å². The van der Waals surface area contributed by atoms with Gasteiger partial charge in [-0.05, 0) is 40.8 Å². The van der Waals surface area contributed by atoms with Crippen LogP contribution in [0.15, 0.2) is 115 Å². The van der Waals surface area contributed by atoms with Gasteiger partial charge in [0.1, 0.15) is 5.70 Å². The summed E-state index contributed by atoms with van der Waals surface area (Å²) in [5, 5.41) is 12.3. The molecule has 2 heterocycles. The largest absolute Gasteiger partial charge is 0.395 e. The van der Waals surface area contributed by atoms with Gasteiger partial charge in [0.25, 0.3) is 5.91 Å². The van der Waals surface area contributed by atoms with Crippen molar-refractivity contribution in [2.75, 3.05) is 0 Å². The van der Waals surface area contributed by atoms with Crippen molar-refractivity contribution in [1.29, 1.82) is 0 Å². The van der Waals surface area contributed by atoms with E-state index in [9.17, 15) is 9.59 Å². The maximum absolute atomic E-state index is 12.8. The lowest BCUT2D eigenvalue weighted by Crippen LogP contribution is -2.47. The van der Waals surface area contributed by atoms with Gasteiger partial charge < -0.3 is 21.7 Å². The van der Waals surface area contributed by atoms with Gasteiger partial charge in [0.05, 0.1) is 30.2 Å². The van der Waals surface area contributed by atoms with E-state index in [4.69, 9.17) is 5.73 Å². The van der Waals surface area contributed by atoms with E-state index in [1.165, 1.54) is 11.1 Å². The summed E-state index contributed by atoms with van der Waals surface area (Å²) in [6.45, 7) is 6.19. The summed E-state index contributed by atoms with van der Waals surface area (Å²) >= 11 is 0. The molecule has 0 aliphatic carbocycles. The number of hydrogen-bond donors (Lipinski definition) is 4. The molecule has 8 heteroatoms. The fraction of sp³-hybridized carbons (Fsp3) is 0.100. The van der Waals surface area contributed by atoms with E-state index in [-0.39, 0.29) is 23.1 Å². The first-order chi connectivity index (χ1) is 18.4. The van der Waals surface area contributed by atoms with Gasteiger partial charge in [-0.15, -0.1) is 0 Å². The molecule has 5 rings (SSSR count). The topological polar surface area (TPSA) is 114 Å². The molecule has 1 aliphatic rings. The molecule has 0 spiro atoms. The Bertz CT molecular complexity index is 1540. The van der Waals surface area contributed by atoms with E-state index >= 15 is 0 Å². The summed E-state index contributed by atoms with van der Waals surface area (Å²) in [5.41, 5.74) is 12.6. The second-order valence-corrected chi connectivity index (χ2v) is 9.16. The van der Waals surface area contributed by atoms with Crippen molar-refractivity contribution in [3.8, 4) is 22.3 Å². The number of nitrogens with zero attached hydrogens (tertiary/aromatic N) is 2. The summed E-state index contributed by atoms with van der Waals surface area (Å²) in [7, 11) is 0. The number of urea groups is 1. The Morgan fingerprint density at radius 2 is 1.68 bits per heavy atom. The Morgan fingerprint density at radius 1 is 0.974 bits per heavy atom. The minimum absolute atomic E-state index is 0.0140. The maximum Gasteiger partial charge on any atom is 0.323 e. The van der Waals surface area contributed by atoms with Crippen LogP contribution in [-0.4, -0.2) is 21.7 Å². The molecule has 0 saturated heterocycles. The second kappa shape index (κ2) is 10.5. The number of aromatic nitrogens is 2. The normalized spacial score (nSPS) is 14.0. The zero-order chi connectivity index (χ0) is 26.6. The SMILES string of the molecule is C=C1NC(=O)NC(C(=O)N[C@H](C)c2cccc(-c3cnn(Cc4ccc(-c5ccccc5)cc4)c3)c2)=C1N. The smallest absolute Gasteiger partial charge is 0.323 e. The van der Waals surface area contributed by atoms with Crippen molar-refractivity contribution < 1.29 is 9.59 Å². The summed E-state index contributed by atoms with van der Waals surface area (Å²) in [5.74, 6) is -0.484. The minimum Gasteiger partial charge on any atom is -0.395 e. The third kappa shape index (κ3) is 5.34. The Kier molecular flexibility index (Phi) is 6.78. The van der Waals surface area contributed by atoms with E-state index < -0.39 is 11.9 Å². The highest BCUT2D eigenvalue weighted by Crippen LogP contribution is 2.24. The number of carbonyl (C=O) groups is 2. The Balaban J connectivity index is 1.26. The third-order valence-corrected chi connectivity index (χ3v) is 6.43. The number of rotatable bonds is 7. The molecule has 0 bridgehead atoms. The molecular weight excluding hydrogens is 476 g/mol. The second-order valence-electron chi connectivity index (χ2n) is 9.16. The Hall–Kier alpha value is -5.11. The standard InChI is InChI=1S/C30H28N6O2/c1-19(33-29(37)28-27(31)20(2)34-30(38)35-28)24-9-6-10-25(15-24)26-16-32-36(18-26)17-21-11-13-23(14-12-21)22-7-4-3-5-8-22/h3-16,18-19H,2,17,31H2,1H3,(H,33,37)(H2,34,35,38)/t19-/m1/s1. The number of amides is 3. The molecule has 3 aromatic carbocycles. The van der Waals surface area contributed by atoms with Crippen LogP contribution in [0.25, 0.3) is 22.3 Å². The summed E-state index contributed by atoms with van der Waals surface area (Å²) in [4.78, 5) is 24.5. The molecule has 0 radical (unpaired) electrons. The van der Waals surface area contributed by atoms with Gasteiger partial charge >= 0.3 is 6.03 Å². The molecule has 0 saturated carbocycles. The Labute approximate surface area is 220 Å². The van der Waals surface area contributed by atoms with E-state index in [1.54, 1.807) is 0 Å². The lowest BCUT2D eigenvalue weighted by Gasteiger charge is -2.22. The molecule has 0 unspecified atom stereocenters. The minimum atomic E-state index is -0.548. The van der Waals surface area contributed by atoms with Crippen LogP contribution >= 0.6 is 0 Å². The number of hydrogen-bond acceptors (Lipinski definition) is 4. The predicted octanol–water partition coefficient (Wildman–Crippen LogP) is 4.44. The molecular formula is C30H28N6O2. The lowest BCUT2D eigenvalue weighted by atomic mass is 10.0. The van der Waals surface area contributed by atoms with E-state index in [1.807, 2.05) is 66.5 Å². The van der Waals surface area contributed by atoms with E-state index in [0.717, 1.165) is 22.3 Å². The number of nitrogens with two attached hydrogens (primary N) is 1. The fourth-order valence-electron chi connectivity index (χ4n) is 4.31. The molecule has 38 heavy (non-hydrogen) atoms. The van der Waals surface area contributed by atoms with Gasteiger partial charge in [-0.2, -0.15) is 5.10 Å². The highest BCUT2D eigenvalue weighted by atomic mass is 16.2. The van der Waals surface area contributed by atoms with Crippen molar-refractivity contribution in [3.63, 3.8) is 0 Å². The molecule has 1 aromatic heterocycles. The quantitative estimate of drug-likeness (QED) is 0.298. The first-order valence-corrected chi connectivity index (χ1v) is 12.2. The maximum atomic E-state index is 12.8. The average molecular weight is 505 g/mol. The highest BCUT2D eigenvalue weighted by Gasteiger charge is 2.25. The van der Waals surface area contributed by atoms with Crippen LogP contribution in [0.3, 0.4) is 0 Å². The zero-order valence-electron chi connectivity index (χ0n) is 20.9. The molecule has 190 valence electrons. The van der Waals surface area contributed by atoms with Gasteiger partial charge in [-0.3, -0.25) is 9.48 Å². The molecule has 0 fully saturated rings. The van der Waals surface area contributed by atoms with Gasteiger partial charge in [-0.25, -0.2) is 4.79 Å². The molecule has 4 aromatic rings. The molecule has 1 atom stereocenters. The van der Waals surface area contributed by atoms with Gasteiger partial charge in [0, 0.05) is 11.8 Å². The summed E-state index contributed by atoms with van der Waals surface area (Å²) < 4.78 is 1.91. The third-order valence-electron chi connectivity index (χ3n) is 6.43. The van der Waals surface area contributed by atoms with Crippen molar-refractivity contribution >= 4 is 11.9 Å². The monoisotopic (exact) mass is 504 g/mol. The number of benzene rings is 3. The predicted molar refractivity (Wildman–Crippen MR) is 147 cm³/mol. The molecule has 8 nitrogen and oxygen atoms in total. The van der Waals surface area contributed by atoms with Crippen LogP contribution in [0.2, 0.25) is 0 Å². The molecule has 3 amide bonds. The van der Waals surface area contributed by atoms with Gasteiger partial charge in [-0.1, -0.05) is 79.4 Å². The van der Waals surface area contributed by atoms with E-state index in [0.29, 0.717) is 6.54 Å². The number of nitrogens with one attached hydrogen (secondary N) is 3. The first-order valence-electron chi connectivity index (χ1n) is 12.2. The van der Waals surface area contributed by atoms with Gasteiger partial charge in [0.15, 0.2) is 0 Å². The summed E-state index contributed by atoms with van der Waals surface area (Å²) in [6.07, 6.45) is 3.84. The van der Waals surface area contributed by atoms with Crippen LogP contribution in [-0.2, 0) is 11.3 Å². The fourth-order valence-corrected chi connectivity index (χ4v) is 4.31. The van der Waals surface area contributed by atoms with Gasteiger partial charge in [0.2, 0.25) is 0 Å². The van der Waals surface area contributed by atoms with Crippen LogP contribution < -0.4 is 21.7 Å². The van der Waals surface area contributed by atoms with Crippen molar-refractivity contribution in [1.82, 2.24) is 25.7 Å². The molecule has 1 aliphatic heterocycles. The van der Waals surface area contributed by atoms with Crippen LogP contribution in [0.4, 0.5) is 4.79 Å². The van der Waals surface area contributed by atoms with E-state index in [2.05, 4.69) is 64.0 Å². The first kappa shape index (κ1) is 24.6. The zero-order valence-corrected chi connectivity index (χ0v) is 20.9. The van der Waals surface area contributed by atoms with Crippen LogP contribution in [0.1, 0.15) is 24.1 Å². The average Bonchev–Trinajstić information content (AvgIpc) is 3.40. The highest BCUT2D eigenvalue weighted by molar-refractivity contribution is 6.00. The Morgan fingerprint density at radius 3 is 2.45 bits per heavy atom.